The summed E-state index contributed by atoms with van der Waals surface area (Å²) in [6.45, 7) is 4.46. The van der Waals surface area contributed by atoms with E-state index in [0.717, 1.165) is 109 Å². The molecule has 0 aromatic carbocycles. The van der Waals surface area contributed by atoms with E-state index in [1.807, 2.05) is 0 Å². The Kier molecular flexibility index (Phi) is 58.7. The van der Waals surface area contributed by atoms with Gasteiger partial charge < -0.3 is 24.2 Å². The predicted molar refractivity (Wildman–Crippen MR) is 334 cm³/mol. The third kappa shape index (κ3) is 59.0. The van der Waals surface area contributed by atoms with Crippen LogP contribution >= 0.6 is 7.82 Å². The number of aliphatic hydroxyl groups excluding tert-OH is 1. The molecule has 0 heterocycles. The summed E-state index contributed by atoms with van der Waals surface area (Å²) in [6, 6.07) is 0. The van der Waals surface area contributed by atoms with E-state index in [-0.39, 0.29) is 25.9 Å². The largest absolute Gasteiger partial charge is 0.472 e. The van der Waals surface area contributed by atoms with Gasteiger partial charge in [0, 0.05) is 19.3 Å². The van der Waals surface area contributed by atoms with Crippen molar-refractivity contribution in [1.29, 1.82) is 0 Å². The molecule has 0 fully saturated rings. The molecule has 0 rings (SSSR count). The van der Waals surface area contributed by atoms with Crippen LogP contribution in [-0.4, -0.2) is 66.5 Å². The molecule has 80 heavy (non-hydrogen) atoms. The zero-order valence-corrected chi connectivity index (χ0v) is 51.9. The maximum absolute atomic E-state index is 13.0. The number of esters is 3. The molecule has 0 aromatic rings. The van der Waals surface area contributed by atoms with E-state index in [4.69, 9.17) is 23.3 Å². The van der Waals surface area contributed by atoms with Gasteiger partial charge in [0.25, 0.3) is 0 Å². The standard InChI is InChI=1S/C68H117O11P/c1-4-7-10-13-16-19-22-25-28-30-32-34-37-39-42-45-48-51-54-57-66(70)75-61-65(79-68(72)59-56-53-50-47-44-41-38-35-33-31-29-26-23-20-17-14-11-8-5-2)63-77-80(73,74)76-62-64(60-69)78-67(71)58-55-52-49-46-43-40-36-27-24-21-18-15-12-9-6-3/h9,12,17-18,20-21,25-29,33,35-36,43,46,64-65,69H,4-8,10-11,13-16,19,22-24,30-32,34,37-42,44-45,47-63H2,1-3H3,(H,73,74)/b12-9-,20-17-,21-18-,28-25-,29-26-,35-33-,36-27-,46-43-. The zero-order valence-electron chi connectivity index (χ0n) is 51.0. The SMILES string of the molecule is CC/C=C\C/C=C\C/C=C\C/C=C\CCCCC(=O)OC(CO)COP(=O)(O)OCC(COC(=O)CCCCCCCCCCC/C=C\CCCCCCCC)OC(=O)CCCCCCCC/C=C\C/C=C\C/C=C\CCCCC. The molecule has 0 amide bonds. The van der Waals surface area contributed by atoms with E-state index in [2.05, 4.69) is 118 Å². The molecular weight excluding hydrogens is 1020 g/mol. The monoisotopic (exact) mass is 1140 g/mol. The van der Waals surface area contributed by atoms with Crippen molar-refractivity contribution in [2.75, 3.05) is 26.4 Å². The summed E-state index contributed by atoms with van der Waals surface area (Å²) in [6.07, 6.45) is 73.6. The summed E-state index contributed by atoms with van der Waals surface area (Å²) in [7, 11) is -4.77. The minimum atomic E-state index is -4.77. The van der Waals surface area contributed by atoms with Crippen molar-refractivity contribution in [3.05, 3.63) is 97.2 Å². The fourth-order valence-corrected chi connectivity index (χ4v) is 9.37. The van der Waals surface area contributed by atoms with Crippen molar-refractivity contribution in [3.8, 4) is 0 Å². The van der Waals surface area contributed by atoms with Gasteiger partial charge in [-0.3, -0.25) is 23.4 Å². The molecule has 2 N–H and O–H groups in total. The second kappa shape index (κ2) is 61.5. The number of rotatable bonds is 59. The van der Waals surface area contributed by atoms with Crippen LogP contribution in [-0.2, 0) is 42.2 Å². The van der Waals surface area contributed by atoms with Gasteiger partial charge in [0.05, 0.1) is 19.8 Å². The number of unbranched alkanes of at least 4 members (excludes halogenated alkanes) is 26. The number of ether oxygens (including phenoxy) is 3. The Bertz CT molecular complexity index is 1710. The van der Waals surface area contributed by atoms with Crippen molar-refractivity contribution in [1.82, 2.24) is 0 Å². The van der Waals surface area contributed by atoms with Gasteiger partial charge in [0.1, 0.15) is 12.7 Å². The summed E-state index contributed by atoms with van der Waals surface area (Å²) in [5.74, 6) is -1.52. The Morgan fingerprint density at radius 1 is 0.362 bits per heavy atom. The molecule has 12 heteroatoms. The van der Waals surface area contributed by atoms with Crippen LogP contribution in [0.5, 0.6) is 0 Å². The Hall–Kier alpha value is -3.60. The molecule has 3 atom stereocenters. The molecule has 0 radical (unpaired) electrons. The highest BCUT2D eigenvalue weighted by Crippen LogP contribution is 2.43. The molecule has 0 saturated carbocycles. The van der Waals surface area contributed by atoms with Crippen molar-refractivity contribution in [2.24, 2.45) is 0 Å². The van der Waals surface area contributed by atoms with Crippen molar-refractivity contribution >= 4 is 25.7 Å². The van der Waals surface area contributed by atoms with Crippen molar-refractivity contribution in [3.63, 3.8) is 0 Å². The first-order valence-electron chi connectivity index (χ1n) is 32.1. The van der Waals surface area contributed by atoms with Crippen molar-refractivity contribution < 1.29 is 52.2 Å². The topological polar surface area (TPSA) is 155 Å². The van der Waals surface area contributed by atoms with E-state index in [1.54, 1.807) is 0 Å². The summed E-state index contributed by atoms with van der Waals surface area (Å²) in [4.78, 5) is 48.7. The molecule has 0 bridgehead atoms. The highest BCUT2D eigenvalue weighted by atomic mass is 31.2. The first-order chi connectivity index (χ1) is 39.2. The van der Waals surface area contributed by atoms with Gasteiger partial charge in [0.2, 0.25) is 0 Å². The van der Waals surface area contributed by atoms with Crippen LogP contribution in [0.15, 0.2) is 97.2 Å². The van der Waals surface area contributed by atoms with Crippen LogP contribution in [0.2, 0.25) is 0 Å². The number of phosphoric acid groups is 1. The first-order valence-corrected chi connectivity index (χ1v) is 33.6. The molecule has 460 valence electrons. The highest BCUT2D eigenvalue weighted by molar-refractivity contribution is 7.47. The quantitative estimate of drug-likeness (QED) is 0.0197. The zero-order chi connectivity index (χ0) is 58.3. The second-order valence-electron chi connectivity index (χ2n) is 21.2. The fourth-order valence-electron chi connectivity index (χ4n) is 8.58. The minimum Gasteiger partial charge on any atom is -0.462 e. The fraction of sp³-hybridized carbons (Fsp3) is 0.721. The number of hydrogen-bond acceptors (Lipinski definition) is 10. The number of phosphoric ester groups is 1. The van der Waals surface area contributed by atoms with Crippen LogP contribution < -0.4 is 0 Å². The van der Waals surface area contributed by atoms with Crippen LogP contribution in [0, 0.1) is 0 Å². The molecule has 3 unspecified atom stereocenters. The lowest BCUT2D eigenvalue weighted by atomic mass is 10.1. The molecular formula is C68H117O11P. The number of hydrogen-bond donors (Lipinski definition) is 2. The smallest absolute Gasteiger partial charge is 0.462 e. The van der Waals surface area contributed by atoms with Crippen molar-refractivity contribution in [2.45, 2.75) is 290 Å². The first kappa shape index (κ1) is 76.4. The minimum absolute atomic E-state index is 0.120. The molecule has 0 aromatic heterocycles. The second-order valence-corrected chi connectivity index (χ2v) is 22.6. The number of allylic oxidation sites excluding steroid dienone is 16. The van der Waals surface area contributed by atoms with Crippen LogP contribution in [0.4, 0.5) is 0 Å². The lowest BCUT2D eigenvalue weighted by Crippen LogP contribution is -2.30. The third-order valence-corrected chi connectivity index (χ3v) is 14.4. The van der Waals surface area contributed by atoms with E-state index < -0.39 is 57.8 Å². The van der Waals surface area contributed by atoms with Gasteiger partial charge in [-0.05, 0) is 122 Å². The molecule has 0 aliphatic carbocycles. The molecule has 0 spiro atoms. The average Bonchev–Trinajstić information content (AvgIpc) is 3.45. The van der Waals surface area contributed by atoms with Gasteiger partial charge in [-0.2, -0.15) is 0 Å². The van der Waals surface area contributed by atoms with E-state index >= 15 is 0 Å². The summed E-state index contributed by atoms with van der Waals surface area (Å²) in [5, 5.41) is 9.84. The molecule has 11 nitrogen and oxygen atoms in total. The highest BCUT2D eigenvalue weighted by Gasteiger charge is 2.28. The summed E-state index contributed by atoms with van der Waals surface area (Å²) < 4.78 is 39.6. The maximum atomic E-state index is 13.0. The van der Waals surface area contributed by atoms with Crippen LogP contribution in [0.25, 0.3) is 0 Å². The van der Waals surface area contributed by atoms with Gasteiger partial charge in [0.15, 0.2) is 6.10 Å². The van der Waals surface area contributed by atoms with E-state index in [9.17, 15) is 28.9 Å². The predicted octanol–water partition coefficient (Wildman–Crippen LogP) is 19.6. The Morgan fingerprint density at radius 2 is 0.650 bits per heavy atom. The normalized spacial score (nSPS) is 13.9. The maximum Gasteiger partial charge on any atom is 0.472 e. The van der Waals surface area contributed by atoms with Crippen LogP contribution in [0.1, 0.15) is 278 Å². The Labute approximate surface area is 489 Å². The van der Waals surface area contributed by atoms with Gasteiger partial charge in [-0.15, -0.1) is 0 Å². The van der Waals surface area contributed by atoms with Gasteiger partial charge in [-0.1, -0.05) is 234 Å². The number of carbonyl (C=O) groups is 3. The third-order valence-electron chi connectivity index (χ3n) is 13.5. The van der Waals surface area contributed by atoms with E-state index in [1.165, 1.54) is 109 Å². The number of aliphatic hydroxyl groups is 1. The molecule has 0 aliphatic heterocycles. The molecule has 0 saturated heterocycles. The van der Waals surface area contributed by atoms with Gasteiger partial charge in [-0.25, -0.2) is 4.57 Å². The molecule has 0 aliphatic rings. The van der Waals surface area contributed by atoms with E-state index in [0.29, 0.717) is 19.3 Å². The summed E-state index contributed by atoms with van der Waals surface area (Å²) >= 11 is 0. The van der Waals surface area contributed by atoms with Gasteiger partial charge >= 0.3 is 25.7 Å². The Morgan fingerprint density at radius 3 is 1.06 bits per heavy atom. The summed E-state index contributed by atoms with van der Waals surface area (Å²) in [5.41, 5.74) is 0. The average molecular weight is 1140 g/mol. The lowest BCUT2D eigenvalue weighted by molar-refractivity contribution is -0.161. The van der Waals surface area contributed by atoms with Crippen LogP contribution in [0.3, 0.4) is 0 Å². The lowest BCUT2D eigenvalue weighted by Gasteiger charge is -2.21. The number of carbonyl (C=O) groups excluding carboxylic acids is 3. The Balaban J connectivity index is 4.77.